The molecule has 200 valence electrons. The molecule has 8 nitrogen and oxygen atoms in total. The fourth-order valence-corrected chi connectivity index (χ4v) is 6.41. The summed E-state index contributed by atoms with van der Waals surface area (Å²) in [6.07, 6.45) is 15.4. The van der Waals surface area contributed by atoms with Crippen molar-refractivity contribution in [1.82, 2.24) is 9.80 Å². The zero-order valence-electron chi connectivity index (χ0n) is 21.8. The Labute approximate surface area is 214 Å². The number of fused-ring (bicyclic) bond motifs is 2. The Balaban J connectivity index is 1.74. The number of hydrogen-bond donors (Lipinski definition) is 1. The lowest BCUT2D eigenvalue weighted by atomic mass is 9.74. The molecule has 0 aromatic rings. The van der Waals surface area contributed by atoms with Crippen LogP contribution in [0.1, 0.15) is 71.6 Å². The zero-order valence-corrected chi connectivity index (χ0v) is 21.8. The first-order chi connectivity index (χ1) is 17.4. The lowest BCUT2D eigenvalue weighted by Gasteiger charge is -2.37. The van der Waals surface area contributed by atoms with Crippen LogP contribution in [0.4, 0.5) is 0 Å². The van der Waals surface area contributed by atoms with Gasteiger partial charge in [0.2, 0.25) is 11.8 Å². The Morgan fingerprint density at radius 1 is 0.972 bits per heavy atom. The molecule has 4 aliphatic rings. The van der Waals surface area contributed by atoms with Crippen LogP contribution in [0.15, 0.2) is 24.3 Å². The maximum atomic E-state index is 14.1. The van der Waals surface area contributed by atoms with Gasteiger partial charge in [-0.25, -0.2) is 0 Å². The molecule has 1 unspecified atom stereocenters. The maximum Gasteiger partial charge on any atom is 0.313 e. The van der Waals surface area contributed by atoms with E-state index in [0.717, 1.165) is 44.9 Å². The Hall–Kier alpha value is -2.19. The molecule has 4 rings (SSSR count). The van der Waals surface area contributed by atoms with Crippen molar-refractivity contribution in [3.05, 3.63) is 24.3 Å². The second-order valence-corrected chi connectivity index (χ2v) is 10.8. The summed E-state index contributed by atoms with van der Waals surface area (Å²) in [6, 6.07) is -0.819. The molecule has 2 saturated heterocycles. The average molecular weight is 503 g/mol. The molecule has 36 heavy (non-hydrogen) atoms. The Bertz CT molecular complexity index is 887. The van der Waals surface area contributed by atoms with Crippen LogP contribution in [-0.2, 0) is 23.9 Å². The highest BCUT2D eigenvalue weighted by molar-refractivity contribution is 5.99. The molecule has 0 radical (unpaired) electrons. The molecule has 0 aromatic heterocycles. The SMILES string of the molecule is CCCCCN1CC=C[C@]23O[C@]4(C)/C=C\CCCCOC(=O)[C@@H]4[C@H]2C(=O)N(CCCCCO)C3C1=O. The van der Waals surface area contributed by atoms with Gasteiger partial charge in [0.25, 0.3) is 0 Å². The van der Waals surface area contributed by atoms with E-state index < -0.39 is 35.0 Å². The third-order valence-electron chi connectivity index (χ3n) is 8.17. The standard InChI is InChI=1S/C28H42N2O6/c1-3-4-9-16-29-17-13-15-28-21(24(32)30(23(28)25(29)33)18-10-7-11-19-31)22-26(34)35-20-12-6-5-8-14-27(22,2)36-28/h8,13-15,21-23,31H,3-7,9-12,16-20H2,1-2H3/b14-8-/t21-,22-,23?,27+,28-/m0/s1. The minimum Gasteiger partial charge on any atom is -0.465 e. The van der Waals surface area contributed by atoms with E-state index in [4.69, 9.17) is 9.47 Å². The van der Waals surface area contributed by atoms with E-state index in [1.54, 1.807) is 4.90 Å². The third-order valence-corrected chi connectivity index (χ3v) is 8.17. The van der Waals surface area contributed by atoms with Gasteiger partial charge in [0, 0.05) is 26.2 Å². The zero-order chi connectivity index (χ0) is 25.8. The van der Waals surface area contributed by atoms with Gasteiger partial charge in [-0.1, -0.05) is 44.1 Å². The summed E-state index contributed by atoms with van der Waals surface area (Å²) in [7, 11) is 0. The van der Waals surface area contributed by atoms with E-state index in [0.29, 0.717) is 39.1 Å². The van der Waals surface area contributed by atoms with Crippen molar-refractivity contribution in [3.8, 4) is 0 Å². The monoisotopic (exact) mass is 502 g/mol. The summed E-state index contributed by atoms with van der Waals surface area (Å²) in [5.74, 6) is -2.40. The second kappa shape index (κ2) is 11.5. The van der Waals surface area contributed by atoms with Crippen LogP contribution in [0.2, 0.25) is 0 Å². The molecule has 1 N–H and O–H groups in total. The van der Waals surface area contributed by atoms with Gasteiger partial charge in [-0.15, -0.1) is 0 Å². The average Bonchev–Trinajstić information content (AvgIpc) is 3.18. The third kappa shape index (κ3) is 4.86. The first-order valence-corrected chi connectivity index (χ1v) is 13.8. The number of cyclic esters (lactones) is 1. The van der Waals surface area contributed by atoms with Gasteiger partial charge in [-0.2, -0.15) is 0 Å². The van der Waals surface area contributed by atoms with Crippen molar-refractivity contribution in [2.24, 2.45) is 11.8 Å². The quantitative estimate of drug-likeness (QED) is 0.296. The van der Waals surface area contributed by atoms with Crippen LogP contribution in [0.25, 0.3) is 0 Å². The largest absolute Gasteiger partial charge is 0.465 e. The summed E-state index contributed by atoms with van der Waals surface area (Å²) in [6.45, 7) is 5.88. The van der Waals surface area contributed by atoms with Gasteiger partial charge < -0.3 is 24.4 Å². The number of likely N-dealkylation sites (tertiary alicyclic amines) is 1. The topological polar surface area (TPSA) is 96.4 Å². The minimum absolute atomic E-state index is 0.0958. The molecule has 0 aromatic carbocycles. The lowest BCUT2D eigenvalue weighted by molar-refractivity contribution is -0.160. The van der Waals surface area contributed by atoms with Crippen molar-refractivity contribution < 1.29 is 29.0 Å². The maximum absolute atomic E-state index is 14.1. The summed E-state index contributed by atoms with van der Waals surface area (Å²) in [4.78, 5) is 45.1. The number of rotatable bonds is 9. The van der Waals surface area contributed by atoms with Crippen LogP contribution < -0.4 is 0 Å². The van der Waals surface area contributed by atoms with Crippen LogP contribution in [0, 0.1) is 11.8 Å². The van der Waals surface area contributed by atoms with E-state index in [2.05, 4.69) is 6.92 Å². The van der Waals surface area contributed by atoms with Crippen molar-refractivity contribution in [1.29, 1.82) is 0 Å². The van der Waals surface area contributed by atoms with Gasteiger partial charge in [-0.05, 0) is 51.9 Å². The first-order valence-electron chi connectivity index (χ1n) is 13.8. The van der Waals surface area contributed by atoms with Gasteiger partial charge in [0.05, 0.1) is 18.1 Å². The highest BCUT2D eigenvalue weighted by Crippen LogP contribution is 2.57. The molecule has 0 saturated carbocycles. The summed E-state index contributed by atoms with van der Waals surface area (Å²) in [5.41, 5.74) is -2.26. The fraction of sp³-hybridized carbons (Fsp3) is 0.750. The van der Waals surface area contributed by atoms with Gasteiger partial charge in [0.15, 0.2) is 0 Å². The van der Waals surface area contributed by atoms with Crippen molar-refractivity contribution in [3.63, 3.8) is 0 Å². The number of unbranched alkanes of at least 4 members (excludes halogenated alkanes) is 4. The highest BCUT2D eigenvalue weighted by Gasteiger charge is 2.74. The number of aliphatic hydroxyl groups is 1. The van der Waals surface area contributed by atoms with E-state index >= 15 is 0 Å². The molecule has 2 fully saturated rings. The minimum atomic E-state index is -1.22. The van der Waals surface area contributed by atoms with E-state index in [-0.39, 0.29) is 18.4 Å². The van der Waals surface area contributed by atoms with Gasteiger partial charge in [0.1, 0.15) is 17.6 Å². The number of amides is 2. The molecule has 5 atom stereocenters. The molecular weight excluding hydrogens is 460 g/mol. The molecule has 0 bridgehead atoms. The molecule has 8 heteroatoms. The van der Waals surface area contributed by atoms with Crippen LogP contribution in [-0.4, -0.2) is 82.8 Å². The Morgan fingerprint density at radius 2 is 1.78 bits per heavy atom. The Morgan fingerprint density at radius 3 is 2.56 bits per heavy atom. The summed E-state index contributed by atoms with van der Waals surface area (Å²) < 4.78 is 12.5. The fourth-order valence-electron chi connectivity index (χ4n) is 6.41. The molecule has 4 aliphatic heterocycles. The predicted octanol–water partition coefficient (Wildman–Crippen LogP) is 2.99. The molecule has 2 amide bonds. The summed E-state index contributed by atoms with van der Waals surface area (Å²) >= 11 is 0. The number of esters is 1. The van der Waals surface area contributed by atoms with E-state index in [9.17, 15) is 19.5 Å². The smallest absolute Gasteiger partial charge is 0.313 e. The van der Waals surface area contributed by atoms with Gasteiger partial charge in [-0.3, -0.25) is 14.4 Å². The van der Waals surface area contributed by atoms with Crippen LogP contribution in [0.5, 0.6) is 0 Å². The number of allylic oxidation sites excluding steroid dienone is 1. The number of hydrogen-bond acceptors (Lipinski definition) is 6. The van der Waals surface area contributed by atoms with E-state index in [1.165, 1.54) is 0 Å². The number of nitrogens with zero attached hydrogens (tertiary/aromatic N) is 2. The first kappa shape index (κ1) is 26.9. The molecule has 1 spiro atoms. The van der Waals surface area contributed by atoms with Crippen LogP contribution >= 0.6 is 0 Å². The van der Waals surface area contributed by atoms with Crippen molar-refractivity contribution in [2.75, 3.05) is 32.8 Å². The van der Waals surface area contributed by atoms with E-state index in [1.807, 2.05) is 36.1 Å². The van der Waals surface area contributed by atoms with Crippen molar-refractivity contribution in [2.45, 2.75) is 88.9 Å². The Kier molecular flexibility index (Phi) is 8.56. The molecular formula is C28H42N2O6. The lowest BCUT2D eigenvalue weighted by Crippen LogP contribution is -2.56. The molecule has 4 heterocycles. The summed E-state index contributed by atoms with van der Waals surface area (Å²) in [5, 5.41) is 9.20. The highest BCUT2D eigenvalue weighted by atomic mass is 16.6. The number of carbonyl (C=O) groups excluding carboxylic acids is 3. The number of carbonyl (C=O) groups is 3. The van der Waals surface area contributed by atoms with Crippen molar-refractivity contribution >= 4 is 17.8 Å². The van der Waals surface area contributed by atoms with Gasteiger partial charge >= 0.3 is 5.97 Å². The normalized spacial score (nSPS) is 35.2. The van der Waals surface area contributed by atoms with Crippen LogP contribution in [0.3, 0.4) is 0 Å². The predicted molar refractivity (Wildman–Crippen MR) is 135 cm³/mol. The molecule has 0 aliphatic carbocycles. The number of aliphatic hydroxyl groups excluding tert-OH is 1. The number of ether oxygens (including phenoxy) is 2. The second-order valence-electron chi connectivity index (χ2n) is 10.8.